The lowest BCUT2D eigenvalue weighted by atomic mass is 9.92. The number of phenolic OH excluding ortho intramolecular Hbond substituents is 1. The second-order valence-corrected chi connectivity index (χ2v) is 5.14. The number of para-hydroxylation sites is 1. The zero-order valence-electron chi connectivity index (χ0n) is 11.8. The number of anilines is 1. The fraction of sp³-hybridized carbons (Fsp3) is 0.235. The maximum atomic E-state index is 12.8. The molecule has 108 valence electrons. The van der Waals surface area contributed by atoms with Crippen molar-refractivity contribution in [3.8, 4) is 11.5 Å². The molecular weight excluding hydrogens is 266 g/mol. The summed E-state index contributed by atoms with van der Waals surface area (Å²) in [6.45, 7) is 0.552. The van der Waals surface area contributed by atoms with Gasteiger partial charge in [0.1, 0.15) is 11.5 Å². The van der Waals surface area contributed by atoms with Crippen molar-refractivity contribution in [2.45, 2.75) is 12.3 Å². The maximum absolute atomic E-state index is 12.8. The number of carbonyl (C=O) groups is 1. The Balaban J connectivity index is 1.87. The summed E-state index contributed by atoms with van der Waals surface area (Å²) in [5, 5.41) is 9.34. The first kappa shape index (κ1) is 13.5. The van der Waals surface area contributed by atoms with Crippen LogP contribution in [0.15, 0.2) is 48.5 Å². The van der Waals surface area contributed by atoms with Gasteiger partial charge in [-0.15, -0.1) is 0 Å². The average molecular weight is 283 g/mol. The van der Waals surface area contributed by atoms with Crippen LogP contribution in [0.2, 0.25) is 0 Å². The van der Waals surface area contributed by atoms with Crippen molar-refractivity contribution in [3.63, 3.8) is 0 Å². The Bertz CT molecular complexity index is 651. The monoisotopic (exact) mass is 283 g/mol. The van der Waals surface area contributed by atoms with Gasteiger partial charge < -0.3 is 14.7 Å². The third-order valence-electron chi connectivity index (χ3n) is 3.82. The highest BCUT2D eigenvalue weighted by atomic mass is 16.5. The van der Waals surface area contributed by atoms with Crippen LogP contribution in [0.3, 0.4) is 0 Å². The fourth-order valence-electron chi connectivity index (χ4n) is 2.64. The molecule has 1 aliphatic rings. The third-order valence-corrected chi connectivity index (χ3v) is 3.82. The molecular formula is C17H17NO3. The molecule has 1 heterocycles. The zero-order chi connectivity index (χ0) is 14.8. The largest absolute Gasteiger partial charge is 0.508 e. The third kappa shape index (κ3) is 2.57. The molecule has 1 aliphatic heterocycles. The molecule has 0 saturated carbocycles. The van der Waals surface area contributed by atoms with Crippen LogP contribution < -0.4 is 9.64 Å². The first-order chi connectivity index (χ1) is 10.2. The van der Waals surface area contributed by atoms with Gasteiger partial charge in [0.15, 0.2) is 0 Å². The van der Waals surface area contributed by atoms with Crippen molar-refractivity contribution >= 4 is 11.6 Å². The highest BCUT2D eigenvalue weighted by Crippen LogP contribution is 2.35. The summed E-state index contributed by atoms with van der Waals surface area (Å²) in [7, 11) is 1.76. The van der Waals surface area contributed by atoms with Crippen LogP contribution in [0.25, 0.3) is 0 Å². The summed E-state index contributed by atoms with van der Waals surface area (Å²) in [5.41, 5.74) is 1.71. The Kier molecular flexibility index (Phi) is 3.52. The van der Waals surface area contributed by atoms with E-state index in [4.69, 9.17) is 4.74 Å². The summed E-state index contributed by atoms with van der Waals surface area (Å²) >= 11 is 0. The fourth-order valence-corrected chi connectivity index (χ4v) is 2.64. The molecule has 3 rings (SSSR count). The van der Waals surface area contributed by atoms with E-state index in [2.05, 4.69) is 0 Å². The molecule has 0 radical (unpaired) electrons. The van der Waals surface area contributed by atoms with E-state index in [0.29, 0.717) is 13.0 Å². The zero-order valence-corrected chi connectivity index (χ0v) is 11.8. The van der Waals surface area contributed by atoms with E-state index < -0.39 is 0 Å². The SMILES string of the molecule is CN(C(=O)C1CCOc2ccccc21)c1ccc(O)cc1. The molecule has 4 nitrogen and oxygen atoms in total. The molecule has 0 aromatic heterocycles. The Morgan fingerprint density at radius 1 is 1.19 bits per heavy atom. The number of phenols is 1. The molecule has 2 aromatic rings. The van der Waals surface area contributed by atoms with Gasteiger partial charge in [-0.25, -0.2) is 0 Å². The smallest absolute Gasteiger partial charge is 0.234 e. The predicted molar refractivity (Wildman–Crippen MR) is 80.8 cm³/mol. The van der Waals surface area contributed by atoms with Gasteiger partial charge in [-0.1, -0.05) is 18.2 Å². The molecule has 2 aromatic carbocycles. The van der Waals surface area contributed by atoms with Crippen LogP contribution in [0.5, 0.6) is 11.5 Å². The Hall–Kier alpha value is -2.49. The Labute approximate surface area is 123 Å². The summed E-state index contributed by atoms with van der Waals surface area (Å²) < 4.78 is 5.60. The molecule has 0 saturated heterocycles. The molecule has 1 amide bonds. The van der Waals surface area contributed by atoms with Gasteiger partial charge in [0.25, 0.3) is 0 Å². The molecule has 1 atom stereocenters. The molecule has 0 bridgehead atoms. The van der Waals surface area contributed by atoms with E-state index in [-0.39, 0.29) is 17.6 Å². The second kappa shape index (κ2) is 5.48. The van der Waals surface area contributed by atoms with Crippen LogP contribution in [-0.4, -0.2) is 24.7 Å². The maximum Gasteiger partial charge on any atom is 0.234 e. The number of aromatic hydroxyl groups is 1. The topological polar surface area (TPSA) is 49.8 Å². The summed E-state index contributed by atoms with van der Waals surface area (Å²) in [6, 6.07) is 14.3. The molecule has 0 aliphatic carbocycles. The molecule has 0 fully saturated rings. The second-order valence-electron chi connectivity index (χ2n) is 5.14. The summed E-state index contributed by atoms with van der Waals surface area (Å²) in [6.07, 6.45) is 0.679. The van der Waals surface area contributed by atoms with Crippen molar-refractivity contribution in [2.24, 2.45) is 0 Å². The molecule has 4 heteroatoms. The Morgan fingerprint density at radius 3 is 2.67 bits per heavy atom. The van der Waals surface area contributed by atoms with E-state index in [1.165, 1.54) is 0 Å². The van der Waals surface area contributed by atoms with Crippen molar-refractivity contribution in [3.05, 3.63) is 54.1 Å². The number of amides is 1. The lowest BCUT2D eigenvalue weighted by molar-refractivity contribution is -0.120. The number of benzene rings is 2. The lowest BCUT2D eigenvalue weighted by Gasteiger charge is -2.28. The number of carbonyl (C=O) groups excluding carboxylic acids is 1. The minimum Gasteiger partial charge on any atom is -0.508 e. The number of hydrogen-bond donors (Lipinski definition) is 1. The minimum atomic E-state index is -0.186. The van der Waals surface area contributed by atoms with Crippen LogP contribution in [-0.2, 0) is 4.79 Å². The van der Waals surface area contributed by atoms with E-state index >= 15 is 0 Å². The van der Waals surface area contributed by atoms with Gasteiger partial charge >= 0.3 is 0 Å². The summed E-state index contributed by atoms with van der Waals surface area (Å²) in [5.74, 6) is 0.836. The standard InChI is InChI=1S/C17H17NO3/c1-18(12-6-8-13(19)9-7-12)17(20)15-10-11-21-16-5-3-2-4-14(15)16/h2-9,15,19H,10-11H2,1H3. The van der Waals surface area contributed by atoms with Gasteiger partial charge in [0.2, 0.25) is 5.91 Å². The summed E-state index contributed by atoms with van der Waals surface area (Å²) in [4.78, 5) is 14.4. The van der Waals surface area contributed by atoms with Gasteiger partial charge in [-0.05, 0) is 36.8 Å². The van der Waals surface area contributed by atoms with Crippen LogP contribution in [0, 0.1) is 0 Å². The number of hydrogen-bond acceptors (Lipinski definition) is 3. The first-order valence-electron chi connectivity index (χ1n) is 6.95. The van der Waals surface area contributed by atoms with Crippen molar-refractivity contribution < 1.29 is 14.6 Å². The molecule has 0 spiro atoms. The van der Waals surface area contributed by atoms with Gasteiger partial charge in [-0.2, -0.15) is 0 Å². The number of nitrogens with zero attached hydrogens (tertiary/aromatic N) is 1. The Morgan fingerprint density at radius 2 is 1.90 bits per heavy atom. The van der Waals surface area contributed by atoms with Crippen LogP contribution >= 0.6 is 0 Å². The van der Waals surface area contributed by atoms with E-state index in [9.17, 15) is 9.90 Å². The van der Waals surface area contributed by atoms with Crippen molar-refractivity contribution in [1.29, 1.82) is 0 Å². The molecule has 21 heavy (non-hydrogen) atoms. The number of fused-ring (bicyclic) bond motifs is 1. The van der Waals surface area contributed by atoms with Gasteiger partial charge in [0.05, 0.1) is 12.5 Å². The van der Waals surface area contributed by atoms with Crippen LogP contribution in [0.1, 0.15) is 17.9 Å². The van der Waals surface area contributed by atoms with Crippen LogP contribution in [0.4, 0.5) is 5.69 Å². The first-order valence-corrected chi connectivity index (χ1v) is 6.95. The van der Waals surface area contributed by atoms with E-state index in [0.717, 1.165) is 17.0 Å². The lowest BCUT2D eigenvalue weighted by Crippen LogP contribution is -2.34. The molecule has 1 unspecified atom stereocenters. The van der Waals surface area contributed by atoms with E-state index in [1.54, 1.807) is 36.2 Å². The highest BCUT2D eigenvalue weighted by Gasteiger charge is 2.30. The number of ether oxygens (including phenoxy) is 1. The van der Waals surface area contributed by atoms with Gasteiger partial charge in [0, 0.05) is 18.3 Å². The molecule has 1 N–H and O–H groups in total. The number of likely N-dealkylation sites (N-methyl/N-ethyl adjacent to an activating group) is 1. The van der Waals surface area contributed by atoms with E-state index in [1.807, 2.05) is 24.3 Å². The highest BCUT2D eigenvalue weighted by molar-refractivity contribution is 5.98. The average Bonchev–Trinajstić information content (AvgIpc) is 2.53. The number of rotatable bonds is 2. The van der Waals surface area contributed by atoms with Crippen molar-refractivity contribution in [2.75, 3.05) is 18.6 Å². The normalized spacial score (nSPS) is 16.7. The quantitative estimate of drug-likeness (QED) is 0.922. The van der Waals surface area contributed by atoms with Crippen molar-refractivity contribution in [1.82, 2.24) is 0 Å². The van der Waals surface area contributed by atoms with Gasteiger partial charge in [-0.3, -0.25) is 4.79 Å². The predicted octanol–water partition coefficient (Wildman–Crippen LogP) is 2.92. The minimum absolute atomic E-state index is 0.0384.